The second-order valence-electron chi connectivity index (χ2n) is 4.55. The van der Waals surface area contributed by atoms with E-state index in [9.17, 15) is 10.1 Å². The minimum Gasteiger partial charge on any atom is -0.338 e. The van der Waals surface area contributed by atoms with Crippen LogP contribution in [0.25, 0.3) is 10.2 Å². The molecule has 1 N–H and O–H groups in total. The normalized spacial score (nSPS) is 10.8. The molecule has 0 aliphatic carbocycles. The number of hydrogen-bond donors (Lipinski definition) is 1. The number of thiophene rings is 1. The second-order valence-corrected chi connectivity index (χ2v) is 6.08. The van der Waals surface area contributed by atoms with E-state index in [1.807, 2.05) is 6.07 Å². The number of aromatic nitrogens is 2. The molecule has 3 aromatic rings. The average molecular weight is 335 g/mol. The average Bonchev–Trinajstić information content (AvgIpc) is 2.93. The van der Waals surface area contributed by atoms with Gasteiger partial charge in [-0.2, -0.15) is 0 Å². The minimum absolute atomic E-state index is 0.0489. The number of non-ortho nitro benzene ring substituents is 1. The molecule has 8 heteroatoms. The number of nitro groups is 1. The van der Waals surface area contributed by atoms with Crippen molar-refractivity contribution in [2.45, 2.75) is 13.3 Å². The molecule has 0 unspecified atom stereocenters. The van der Waals surface area contributed by atoms with E-state index in [-0.39, 0.29) is 10.7 Å². The Morgan fingerprint density at radius 1 is 1.36 bits per heavy atom. The van der Waals surface area contributed by atoms with Gasteiger partial charge in [0.1, 0.15) is 17.0 Å². The Morgan fingerprint density at radius 2 is 2.18 bits per heavy atom. The zero-order valence-electron chi connectivity index (χ0n) is 11.5. The predicted molar refractivity (Wildman–Crippen MR) is 88.2 cm³/mol. The molecule has 0 aliphatic rings. The lowest BCUT2D eigenvalue weighted by atomic mass is 10.2. The van der Waals surface area contributed by atoms with Crippen LogP contribution in [0.5, 0.6) is 0 Å². The van der Waals surface area contributed by atoms with Gasteiger partial charge in [0.15, 0.2) is 0 Å². The SMILES string of the molecule is CCc1cc2c(Nc3ccc([N+](=O)[O-])cc3Cl)ncnc2s1. The van der Waals surface area contributed by atoms with Crippen LogP contribution in [0.2, 0.25) is 5.02 Å². The Labute approximate surface area is 134 Å². The highest BCUT2D eigenvalue weighted by atomic mass is 35.5. The molecule has 0 saturated heterocycles. The molecule has 3 rings (SSSR count). The van der Waals surface area contributed by atoms with E-state index in [0.717, 1.165) is 16.6 Å². The minimum atomic E-state index is -0.481. The lowest BCUT2D eigenvalue weighted by Gasteiger charge is -2.08. The number of fused-ring (bicyclic) bond motifs is 1. The molecule has 112 valence electrons. The van der Waals surface area contributed by atoms with Crippen LogP contribution in [0, 0.1) is 10.1 Å². The second kappa shape index (κ2) is 5.86. The smallest absolute Gasteiger partial charge is 0.271 e. The molecule has 2 heterocycles. The van der Waals surface area contributed by atoms with Crippen LogP contribution in [0.1, 0.15) is 11.8 Å². The molecule has 2 aromatic heterocycles. The maximum atomic E-state index is 10.7. The summed E-state index contributed by atoms with van der Waals surface area (Å²) in [6, 6.07) is 6.33. The number of anilines is 2. The quantitative estimate of drug-likeness (QED) is 0.558. The summed E-state index contributed by atoms with van der Waals surface area (Å²) in [5.74, 6) is 0.636. The first-order valence-electron chi connectivity index (χ1n) is 6.53. The molecular formula is C14H11ClN4O2S. The number of halogens is 1. The standard InChI is InChI=1S/C14H11ClN4O2S/c1-2-9-6-10-13(16-7-17-14(10)22-9)18-12-4-3-8(19(20)21)5-11(12)15/h3-7H,2H2,1H3,(H,16,17,18). The van der Waals surface area contributed by atoms with E-state index in [2.05, 4.69) is 22.2 Å². The molecular weight excluding hydrogens is 324 g/mol. The van der Waals surface area contributed by atoms with Crippen LogP contribution in [-0.4, -0.2) is 14.9 Å². The lowest BCUT2D eigenvalue weighted by molar-refractivity contribution is -0.384. The van der Waals surface area contributed by atoms with Crippen molar-refractivity contribution in [3.63, 3.8) is 0 Å². The fourth-order valence-electron chi connectivity index (χ4n) is 2.03. The molecule has 1 aromatic carbocycles. The largest absolute Gasteiger partial charge is 0.338 e. The Balaban J connectivity index is 1.99. The van der Waals surface area contributed by atoms with Gasteiger partial charge in [-0.25, -0.2) is 9.97 Å². The van der Waals surface area contributed by atoms with Gasteiger partial charge in [0.2, 0.25) is 0 Å². The third kappa shape index (κ3) is 2.72. The zero-order valence-corrected chi connectivity index (χ0v) is 13.1. The van der Waals surface area contributed by atoms with E-state index < -0.39 is 4.92 Å². The van der Waals surface area contributed by atoms with Gasteiger partial charge < -0.3 is 5.32 Å². The van der Waals surface area contributed by atoms with E-state index in [1.165, 1.54) is 23.3 Å². The number of rotatable bonds is 4. The molecule has 6 nitrogen and oxygen atoms in total. The summed E-state index contributed by atoms with van der Waals surface area (Å²) in [5.41, 5.74) is 0.517. The Morgan fingerprint density at radius 3 is 2.86 bits per heavy atom. The number of hydrogen-bond acceptors (Lipinski definition) is 6. The lowest BCUT2D eigenvalue weighted by Crippen LogP contribution is -1.96. The zero-order chi connectivity index (χ0) is 15.7. The number of nitrogens with zero attached hydrogens (tertiary/aromatic N) is 3. The molecule has 0 fully saturated rings. The monoisotopic (exact) mass is 334 g/mol. The van der Waals surface area contributed by atoms with Gasteiger partial charge >= 0.3 is 0 Å². The third-order valence-electron chi connectivity index (χ3n) is 3.15. The topological polar surface area (TPSA) is 81.0 Å². The van der Waals surface area contributed by atoms with Crippen LogP contribution in [0.4, 0.5) is 17.2 Å². The highest BCUT2D eigenvalue weighted by molar-refractivity contribution is 7.18. The first-order chi connectivity index (χ1) is 10.6. The Hall–Kier alpha value is -2.25. The summed E-state index contributed by atoms with van der Waals surface area (Å²) in [5, 5.41) is 15.0. The summed E-state index contributed by atoms with van der Waals surface area (Å²) in [6.07, 6.45) is 2.42. The maximum absolute atomic E-state index is 10.7. The summed E-state index contributed by atoms with van der Waals surface area (Å²) in [7, 11) is 0. The van der Waals surface area contributed by atoms with Crippen LogP contribution in [0.15, 0.2) is 30.6 Å². The summed E-state index contributed by atoms with van der Waals surface area (Å²) < 4.78 is 0. The first-order valence-corrected chi connectivity index (χ1v) is 7.72. The summed E-state index contributed by atoms with van der Waals surface area (Å²) in [6.45, 7) is 2.08. The molecule has 0 aliphatic heterocycles. The van der Waals surface area contributed by atoms with Crippen LogP contribution >= 0.6 is 22.9 Å². The van der Waals surface area contributed by atoms with Crippen LogP contribution < -0.4 is 5.32 Å². The van der Waals surface area contributed by atoms with Crippen LogP contribution in [0.3, 0.4) is 0 Å². The number of benzene rings is 1. The van der Waals surface area contributed by atoms with Crippen molar-refractivity contribution >= 4 is 50.3 Å². The summed E-state index contributed by atoms with van der Waals surface area (Å²) in [4.78, 5) is 20.9. The summed E-state index contributed by atoms with van der Waals surface area (Å²) >= 11 is 7.72. The van der Waals surface area contributed by atoms with Crippen molar-refractivity contribution in [1.29, 1.82) is 0 Å². The molecule has 0 atom stereocenters. The number of nitrogens with one attached hydrogen (secondary N) is 1. The van der Waals surface area contributed by atoms with Crippen molar-refractivity contribution < 1.29 is 4.92 Å². The highest BCUT2D eigenvalue weighted by Gasteiger charge is 2.12. The molecule has 0 bridgehead atoms. The Kier molecular flexibility index (Phi) is 3.91. The molecule has 22 heavy (non-hydrogen) atoms. The van der Waals surface area contributed by atoms with E-state index in [1.54, 1.807) is 17.4 Å². The van der Waals surface area contributed by atoms with Crippen molar-refractivity contribution in [2.24, 2.45) is 0 Å². The van der Waals surface area contributed by atoms with Gasteiger partial charge in [-0.3, -0.25) is 10.1 Å². The van der Waals surface area contributed by atoms with Crippen LogP contribution in [-0.2, 0) is 6.42 Å². The molecule has 0 radical (unpaired) electrons. The fraction of sp³-hybridized carbons (Fsp3) is 0.143. The van der Waals surface area contributed by atoms with Gasteiger partial charge in [0, 0.05) is 17.0 Å². The number of aryl methyl sites for hydroxylation is 1. The fourth-order valence-corrected chi connectivity index (χ4v) is 3.18. The van der Waals surface area contributed by atoms with Crippen molar-refractivity contribution in [2.75, 3.05) is 5.32 Å². The maximum Gasteiger partial charge on any atom is 0.271 e. The van der Waals surface area contributed by atoms with E-state index in [0.29, 0.717) is 11.5 Å². The van der Waals surface area contributed by atoms with E-state index >= 15 is 0 Å². The van der Waals surface area contributed by atoms with Crippen molar-refractivity contribution in [1.82, 2.24) is 9.97 Å². The Bertz CT molecular complexity index is 865. The predicted octanol–water partition coefficient (Wildman–Crippen LogP) is 4.56. The molecule has 0 amide bonds. The van der Waals surface area contributed by atoms with Gasteiger partial charge in [0.25, 0.3) is 5.69 Å². The molecule has 0 spiro atoms. The van der Waals surface area contributed by atoms with Crippen molar-refractivity contribution in [3.8, 4) is 0 Å². The van der Waals surface area contributed by atoms with Gasteiger partial charge in [-0.05, 0) is 18.6 Å². The number of nitro benzene ring substituents is 1. The highest BCUT2D eigenvalue weighted by Crippen LogP contribution is 2.33. The first kappa shape index (κ1) is 14.7. The van der Waals surface area contributed by atoms with Gasteiger partial charge in [0.05, 0.1) is 21.0 Å². The van der Waals surface area contributed by atoms with Crippen molar-refractivity contribution in [3.05, 3.63) is 50.6 Å². The van der Waals surface area contributed by atoms with E-state index in [4.69, 9.17) is 11.6 Å². The van der Waals surface area contributed by atoms with Gasteiger partial charge in [-0.1, -0.05) is 18.5 Å². The van der Waals surface area contributed by atoms with Gasteiger partial charge in [-0.15, -0.1) is 11.3 Å². The molecule has 0 saturated carbocycles. The third-order valence-corrected chi connectivity index (χ3v) is 4.65.